The van der Waals surface area contributed by atoms with Gasteiger partial charge in [0.2, 0.25) is 15.3 Å². The Hall–Kier alpha value is -1.64. The van der Waals surface area contributed by atoms with E-state index < -0.39 is 21.7 Å². The smallest absolute Gasteiger partial charge is 0.225 e. The van der Waals surface area contributed by atoms with Crippen molar-refractivity contribution in [3.05, 3.63) is 53.1 Å². The predicted molar refractivity (Wildman–Crippen MR) is 72.1 cm³/mol. The highest BCUT2D eigenvalue weighted by Gasteiger charge is 2.22. The van der Waals surface area contributed by atoms with Crippen molar-refractivity contribution in [3.63, 3.8) is 0 Å². The van der Waals surface area contributed by atoms with E-state index in [1.807, 2.05) is 0 Å². The van der Waals surface area contributed by atoms with Crippen LogP contribution >= 0.6 is 11.6 Å². The third kappa shape index (κ3) is 3.52. The fourth-order valence-electron chi connectivity index (χ4n) is 1.59. The van der Waals surface area contributed by atoms with Crippen molar-refractivity contribution in [3.8, 4) is 0 Å². The Morgan fingerprint density at radius 1 is 1.19 bits per heavy atom. The van der Waals surface area contributed by atoms with Crippen molar-refractivity contribution >= 4 is 21.6 Å². The SMILES string of the molecule is CN(Cc1ccc(F)c(F)c1)S(=O)(=O)c1cnc(Cl)nc1. The highest BCUT2D eigenvalue weighted by atomic mass is 35.5. The fourth-order valence-corrected chi connectivity index (χ4v) is 2.74. The standard InChI is InChI=1S/C12H10ClF2N3O2S/c1-18(7-8-2-3-10(14)11(15)4-8)21(19,20)9-5-16-12(13)17-6-9/h2-6H,7H2,1H3. The first kappa shape index (κ1) is 15.7. The lowest BCUT2D eigenvalue weighted by Gasteiger charge is -2.17. The first-order chi connectivity index (χ1) is 9.80. The minimum absolute atomic E-state index is 0.0720. The summed E-state index contributed by atoms with van der Waals surface area (Å²) in [5.74, 6) is -2.02. The molecule has 0 aliphatic heterocycles. The van der Waals surface area contributed by atoms with Crippen molar-refractivity contribution in [2.24, 2.45) is 0 Å². The average molecular weight is 334 g/mol. The molecule has 0 saturated carbocycles. The van der Waals surface area contributed by atoms with Gasteiger partial charge in [0.05, 0.1) is 12.4 Å². The molecule has 0 aliphatic rings. The molecule has 112 valence electrons. The maximum Gasteiger partial charge on any atom is 0.246 e. The summed E-state index contributed by atoms with van der Waals surface area (Å²) >= 11 is 5.50. The summed E-state index contributed by atoms with van der Waals surface area (Å²) in [5, 5.41) is -0.0720. The number of hydrogen-bond acceptors (Lipinski definition) is 4. The zero-order valence-corrected chi connectivity index (χ0v) is 12.4. The summed E-state index contributed by atoms with van der Waals surface area (Å²) in [6.45, 7) is -0.123. The number of rotatable bonds is 4. The van der Waals surface area contributed by atoms with Crippen molar-refractivity contribution in [2.45, 2.75) is 11.4 Å². The molecule has 0 saturated heterocycles. The fraction of sp³-hybridized carbons (Fsp3) is 0.167. The lowest BCUT2D eigenvalue weighted by molar-refractivity contribution is 0.461. The largest absolute Gasteiger partial charge is 0.246 e. The van der Waals surface area contributed by atoms with Crippen LogP contribution in [-0.2, 0) is 16.6 Å². The number of sulfonamides is 1. The monoisotopic (exact) mass is 333 g/mol. The molecule has 1 heterocycles. The molecule has 0 atom stereocenters. The molecular weight excluding hydrogens is 324 g/mol. The zero-order valence-electron chi connectivity index (χ0n) is 10.8. The van der Waals surface area contributed by atoms with E-state index in [1.165, 1.54) is 13.1 Å². The van der Waals surface area contributed by atoms with Gasteiger partial charge >= 0.3 is 0 Å². The van der Waals surface area contributed by atoms with Crippen LogP contribution in [0.5, 0.6) is 0 Å². The van der Waals surface area contributed by atoms with Crippen LogP contribution in [0.15, 0.2) is 35.5 Å². The normalized spacial score (nSPS) is 11.9. The quantitative estimate of drug-likeness (QED) is 0.805. The Labute approximate surface area is 125 Å². The van der Waals surface area contributed by atoms with Gasteiger partial charge < -0.3 is 0 Å². The second kappa shape index (κ2) is 6.00. The van der Waals surface area contributed by atoms with Gasteiger partial charge in [0, 0.05) is 13.6 Å². The van der Waals surface area contributed by atoms with Gasteiger partial charge in [-0.25, -0.2) is 27.2 Å². The van der Waals surface area contributed by atoms with Crippen LogP contribution in [0.4, 0.5) is 8.78 Å². The molecule has 1 aromatic heterocycles. The topological polar surface area (TPSA) is 63.2 Å². The number of benzene rings is 1. The van der Waals surface area contributed by atoms with E-state index in [4.69, 9.17) is 11.6 Å². The molecule has 2 aromatic rings. The molecule has 21 heavy (non-hydrogen) atoms. The van der Waals surface area contributed by atoms with E-state index in [9.17, 15) is 17.2 Å². The molecule has 1 aromatic carbocycles. The van der Waals surface area contributed by atoms with E-state index in [-0.39, 0.29) is 16.7 Å². The highest BCUT2D eigenvalue weighted by Crippen LogP contribution is 2.17. The van der Waals surface area contributed by atoms with E-state index in [0.29, 0.717) is 5.56 Å². The van der Waals surface area contributed by atoms with Gasteiger partial charge in [-0.1, -0.05) is 6.07 Å². The number of hydrogen-bond donors (Lipinski definition) is 0. The maximum absolute atomic E-state index is 13.1. The Bertz CT molecular complexity index is 754. The van der Waals surface area contributed by atoms with Gasteiger partial charge in [-0.2, -0.15) is 4.31 Å². The molecule has 0 aliphatic carbocycles. The minimum Gasteiger partial charge on any atom is -0.225 e. The summed E-state index contributed by atoms with van der Waals surface area (Å²) in [6.07, 6.45) is 2.15. The summed E-state index contributed by atoms with van der Waals surface area (Å²) in [4.78, 5) is 7.06. The van der Waals surface area contributed by atoms with Crippen molar-refractivity contribution in [1.82, 2.24) is 14.3 Å². The van der Waals surface area contributed by atoms with E-state index in [2.05, 4.69) is 9.97 Å². The van der Waals surface area contributed by atoms with Crippen LogP contribution < -0.4 is 0 Å². The Balaban J connectivity index is 2.24. The summed E-state index contributed by atoms with van der Waals surface area (Å²) in [5.41, 5.74) is 0.315. The van der Waals surface area contributed by atoms with Gasteiger partial charge in [0.1, 0.15) is 4.90 Å². The van der Waals surface area contributed by atoms with Gasteiger partial charge in [-0.05, 0) is 29.3 Å². The first-order valence-electron chi connectivity index (χ1n) is 5.68. The van der Waals surface area contributed by atoms with E-state index in [1.54, 1.807) is 0 Å². The lowest BCUT2D eigenvalue weighted by atomic mass is 10.2. The highest BCUT2D eigenvalue weighted by molar-refractivity contribution is 7.89. The third-order valence-corrected chi connectivity index (χ3v) is 4.65. The Morgan fingerprint density at radius 3 is 2.38 bits per heavy atom. The van der Waals surface area contributed by atoms with E-state index in [0.717, 1.165) is 28.8 Å². The second-order valence-electron chi connectivity index (χ2n) is 4.20. The van der Waals surface area contributed by atoms with Crippen LogP contribution in [0.2, 0.25) is 5.28 Å². The molecule has 0 amide bonds. The van der Waals surface area contributed by atoms with Crippen LogP contribution in [-0.4, -0.2) is 29.7 Å². The molecule has 5 nitrogen and oxygen atoms in total. The van der Waals surface area contributed by atoms with Crippen molar-refractivity contribution in [1.29, 1.82) is 0 Å². The zero-order chi connectivity index (χ0) is 15.6. The number of aromatic nitrogens is 2. The van der Waals surface area contributed by atoms with Crippen LogP contribution in [0.3, 0.4) is 0 Å². The Morgan fingerprint density at radius 2 is 1.81 bits per heavy atom. The Kier molecular flexibility index (Phi) is 4.50. The van der Waals surface area contributed by atoms with Gasteiger partial charge in [0.15, 0.2) is 11.6 Å². The van der Waals surface area contributed by atoms with E-state index >= 15 is 0 Å². The molecule has 2 rings (SSSR count). The molecule has 0 bridgehead atoms. The summed E-state index contributed by atoms with van der Waals surface area (Å²) in [7, 11) is -2.53. The minimum atomic E-state index is -3.84. The number of halogens is 3. The van der Waals surface area contributed by atoms with Crippen LogP contribution in [0.25, 0.3) is 0 Å². The second-order valence-corrected chi connectivity index (χ2v) is 6.58. The molecule has 0 unspecified atom stereocenters. The van der Waals surface area contributed by atoms with Crippen LogP contribution in [0, 0.1) is 11.6 Å². The van der Waals surface area contributed by atoms with Crippen molar-refractivity contribution < 1.29 is 17.2 Å². The average Bonchev–Trinajstić information content (AvgIpc) is 2.43. The summed E-state index contributed by atoms with van der Waals surface area (Å²) < 4.78 is 51.4. The molecule has 0 fully saturated rings. The first-order valence-corrected chi connectivity index (χ1v) is 7.50. The van der Waals surface area contributed by atoms with Crippen LogP contribution in [0.1, 0.15) is 5.56 Å². The molecule has 9 heteroatoms. The molecule has 0 N–H and O–H groups in total. The maximum atomic E-state index is 13.1. The summed E-state index contributed by atoms with van der Waals surface area (Å²) in [6, 6.07) is 3.19. The predicted octanol–water partition coefficient (Wildman–Crippen LogP) is 2.23. The van der Waals surface area contributed by atoms with Gasteiger partial charge in [0.25, 0.3) is 0 Å². The third-order valence-electron chi connectivity index (χ3n) is 2.69. The van der Waals surface area contributed by atoms with Gasteiger partial charge in [-0.15, -0.1) is 0 Å². The molecule has 0 radical (unpaired) electrons. The number of nitrogens with zero attached hydrogens (tertiary/aromatic N) is 3. The lowest BCUT2D eigenvalue weighted by Crippen LogP contribution is -2.26. The molecule has 0 spiro atoms. The molecular formula is C12H10ClF2N3O2S. The van der Waals surface area contributed by atoms with Gasteiger partial charge in [-0.3, -0.25) is 0 Å². The van der Waals surface area contributed by atoms with Crippen molar-refractivity contribution in [2.75, 3.05) is 7.05 Å².